The van der Waals surface area contributed by atoms with Gasteiger partial charge in [0, 0.05) is 49.8 Å². The lowest BCUT2D eigenvalue weighted by Gasteiger charge is -2.31. The highest BCUT2D eigenvalue weighted by Gasteiger charge is 2.26. The lowest BCUT2D eigenvalue weighted by molar-refractivity contribution is -0.118. The van der Waals surface area contributed by atoms with Gasteiger partial charge in [0.15, 0.2) is 11.6 Å². The third kappa shape index (κ3) is 4.88. The summed E-state index contributed by atoms with van der Waals surface area (Å²) in [4.78, 5) is 29.7. The molecular formula is C19H21F2N3O2S. The van der Waals surface area contributed by atoms with Crippen LogP contribution in [0.4, 0.5) is 8.78 Å². The van der Waals surface area contributed by atoms with E-state index < -0.39 is 11.6 Å². The van der Waals surface area contributed by atoms with Crippen molar-refractivity contribution < 1.29 is 18.4 Å². The van der Waals surface area contributed by atoms with Gasteiger partial charge in [-0.3, -0.25) is 9.59 Å². The second-order valence-electron chi connectivity index (χ2n) is 6.61. The Morgan fingerprint density at radius 2 is 2.00 bits per heavy atom. The topological polar surface area (TPSA) is 62.3 Å². The van der Waals surface area contributed by atoms with Gasteiger partial charge >= 0.3 is 0 Å². The molecule has 5 nitrogen and oxygen atoms in total. The number of piperidine rings is 1. The standard InChI is InChI=1S/C19H21F2N3O2S/c1-12(25)22-7-4-15-11-27-18(23-15)13-5-8-24(9-6-13)19(26)14-2-3-16(20)17(21)10-14/h2-3,10-11,13H,4-9H2,1H3,(H,22,25). The molecule has 0 aliphatic carbocycles. The molecule has 0 unspecified atom stereocenters. The van der Waals surface area contributed by atoms with E-state index in [9.17, 15) is 18.4 Å². The molecule has 8 heteroatoms. The van der Waals surface area contributed by atoms with Gasteiger partial charge in [-0.25, -0.2) is 13.8 Å². The van der Waals surface area contributed by atoms with Gasteiger partial charge in [0.05, 0.1) is 10.7 Å². The van der Waals surface area contributed by atoms with Crippen LogP contribution in [-0.4, -0.2) is 41.3 Å². The van der Waals surface area contributed by atoms with Crippen molar-refractivity contribution in [3.8, 4) is 0 Å². The predicted molar refractivity (Wildman–Crippen MR) is 98.7 cm³/mol. The summed E-state index contributed by atoms with van der Waals surface area (Å²) >= 11 is 1.61. The Hall–Kier alpha value is -2.35. The molecule has 1 aromatic heterocycles. The molecule has 3 rings (SSSR count). The van der Waals surface area contributed by atoms with Crippen LogP contribution in [0.5, 0.6) is 0 Å². The Morgan fingerprint density at radius 3 is 2.67 bits per heavy atom. The van der Waals surface area contributed by atoms with Crippen LogP contribution in [-0.2, 0) is 11.2 Å². The zero-order valence-electron chi connectivity index (χ0n) is 15.0. The van der Waals surface area contributed by atoms with Crippen molar-refractivity contribution in [3.63, 3.8) is 0 Å². The Balaban J connectivity index is 1.54. The Morgan fingerprint density at radius 1 is 1.26 bits per heavy atom. The number of aromatic nitrogens is 1. The quantitative estimate of drug-likeness (QED) is 0.849. The summed E-state index contributed by atoms with van der Waals surface area (Å²) in [7, 11) is 0. The van der Waals surface area contributed by atoms with E-state index in [2.05, 4.69) is 10.3 Å². The first-order chi connectivity index (χ1) is 12.9. The van der Waals surface area contributed by atoms with Crippen molar-refractivity contribution in [1.29, 1.82) is 0 Å². The number of nitrogens with zero attached hydrogens (tertiary/aromatic N) is 2. The van der Waals surface area contributed by atoms with E-state index in [1.54, 1.807) is 16.2 Å². The van der Waals surface area contributed by atoms with Crippen molar-refractivity contribution in [2.24, 2.45) is 0 Å². The summed E-state index contributed by atoms with van der Waals surface area (Å²) < 4.78 is 26.4. The van der Waals surface area contributed by atoms with Gasteiger partial charge in [-0.2, -0.15) is 0 Å². The van der Waals surface area contributed by atoms with Gasteiger partial charge in [0.1, 0.15) is 0 Å². The van der Waals surface area contributed by atoms with Gasteiger partial charge in [-0.1, -0.05) is 0 Å². The molecule has 0 spiro atoms. The van der Waals surface area contributed by atoms with Crippen molar-refractivity contribution in [2.45, 2.75) is 32.1 Å². The summed E-state index contributed by atoms with van der Waals surface area (Å²) in [6.45, 7) is 3.17. The fourth-order valence-corrected chi connectivity index (χ4v) is 4.16. The van der Waals surface area contributed by atoms with E-state index in [0.717, 1.165) is 35.7 Å². The third-order valence-electron chi connectivity index (χ3n) is 4.62. The molecule has 0 radical (unpaired) electrons. The van der Waals surface area contributed by atoms with E-state index in [4.69, 9.17) is 0 Å². The van der Waals surface area contributed by atoms with Gasteiger partial charge < -0.3 is 10.2 Å². The van der Waals surface area contributed by atoms with Crippen LogP contribution in [0.2, 0.25) is 0 Å². The number of amides is 2. The largest absolute Gasteiger partial charge is 0.356 e. The molecule has 0 saturated carbocycles. The molecule has 1 saturated heterocycles. The molecule has 2 heterocycles. The maximum absolute atomic E-state index is 13.3. The fourth-order valence-electron chi connectivity index (χ4n) is 3.13. The van der Waals surface area contributed by atoms with E-state index in [0.29, 0.717) is 32.0 Å². The van der Waals surface area contributed by atoms with Crippen LogP contribution in [0.15, 0.2) is 23.6 Å². The molecule has 0 bridgehead atoms. The molecule has 1 fully saturated rings. The highest BCUT2D eigenvalue weighted by Crippen LogP contribution is 2.31. The van der Waals surface area contributed by atoms with Crippen molar-refractivity contribution in [1.82, 2.24) is 15.2 Å². The van der Waals surface area contributed by atoms with Crippen molar-refractivity contribution >= 4 is 23.2 Å². The average molecular weight is 393 g/mol. The highest BCUT2D eigenvalue weighted by molar-refractivity contribution is 7.09. The monoisotopic (exact) mass is 393 g/mol. The zero-order chi connectivity index (χ0) is 19.4. The lowest BCUT2D eigenvalue weighted by Crippen LogP contribution is -2.38. The summed E-state index contributed by atoms with van der Waals surface area (Å²) in [5.41, 5.74) is 1.13. The second kappa shape index (κ2) is 8.56. The van der Waals surface area contributed by atoms with Gasteiger partial charge in [-0.15, -0.1) is 11.3 Å². The number of halogens is 2. The Bertz CT molecular complexity index is 832. The number of rotatable bonds is 5. The van der Waals surface area contributed by atoms with Crippen LogP contribution in [0.1, 0.15) is 46.7 Å². The van der Waals surface area contributed by atoms with Crippen LogP contribution >= 0.6 is 11.3 Å². The van der Waals surface area contributed by atoms with E-state index in [-0.39, 0.29) is 17.4 Å². The molecule has 2 aromatic rings. The molecule has 1 aromatic carbocycles. The number of hydrogen-bond acceptors (Lipinski definition) is 4. The third-order valence-corrected chi connectivity index (χ3v) is 5.68. The number of carbonyl (C=O) groups excluding carboxylic acids is 2. The van der Waals surface area contributed by atoms with Gasteiger partial charge in [0.25, 0.3) is 5.91 Å². The van der Waals surface area contributed by atoms with Crippen LogP contribution < -0.4 is 5.32 Å². The van der Waals surface area contributed by atoms with Crippen molar-refractivity contribution in [3.05, 3.63) is 51.5 Å². The van der Waals surface area contributed by atoms with Crippen LogP contribution in [0, 0.1) is 11.6 Å². The smallest absolute Gasteiger partial charge is 0.253 e. The van der Waals surface area contributed by atoms with Gasteiger partial charge in [0.2, 0.25) is 5.91 Å². The Kier molecular flexibility index (Phi) is 6.15. The molecule has 1 aliphatic rings. The Labute approximate surface area is 160 Å². The number of hydrogen-bond donors (Lipinski definition) is 1. The molecular weight excluding hydrogens is 372 g/mol. The number of benzene rings is 1. The van der Waals surface area contributed by atoms with Gasteiger partial charge in [-0.05, 0) is 31.0 Å². The van der Waals surface area contributed by atoms with Crippen LogP contribution in [0.3, 0.4) is 0 Å². The average Bonchev–Trinajstić information content (AvgIpc) is 3.12. The normalized spacial score (nSPS) is 15.0. The molecule has 1 N–H and O–H groups in total. The maximum Gasteiger partial charge on any atom is 0.253 e. The highest BCUT2D eigenvalue weighted by atomic mass is 32.1. The maximum atomic E-state index is 13.3. The number of nitrogens with one attached hydrogen (secondary N) is 1. The SMILES string of the molecule is CC(=O)NCCc1csc(C2CCN(C(=O)c3ccc(F)c(F)c3)CC2)n1. The molecule has 144 valence electrons. The van der Waals surface area contributed by atoms with Crippen LogP contribution in [0.25, 0.3) is 0 Å². The summed E-state index contributed by atoms with van der Waals surface area (Å²) in [5, 5.41) is 5.81. The zero-order valence-corrected chi connectivity index (χ0v) is 15.8. The molecule has 27 heavy (non-hydrogen) atoms. The first-order valence-corrected chi connectivity index (χ1v) is 9.75. The van der Waals surface area contributed by atoms with E-state index in [1.807, 2.05) is 5.38 Å². The lowest BCUT2D eigenvalue weighted by atomic mass is 9.97. The number of carbonyl (C=O) groups is 2. The first kappa shape index (κ1) is 19.4. The minimum absolute atomic E-state index is 0.0523. The van der Waals surface area contributed by atoms with E-state index >= 15 is 0 Å². The van der Waals surface area contributed by atoms with Crippen molar-refractivity contribution in [2.75, 3.05) is 19.6 Å². The number of likely N-dealkylation sites (tertiary alicyclic amines) is 1. The second-order valence-corrected chi connectivity index (χ2v) is 7.50. The summed E-state index contributed by atoms with van der Waals surface area (Å²) in [5.74, 6) is -2.00. The summed E-state index contributed by atoms with van der Waals surface area (Å²) in [6, 6.07) is 3.24. The molecule has 1 aliphatic heterocycles. The fraction of sp³-hybridized carbons (Fsp3) is 0.421. The van der Waals surface area contributed by atoms with E-state index in [1.165, 1.54) is 13.0 Å². The minimum atomic E-state index is -1.01. The summed E-state index contributed by atoms with van der Waals surface area (Å²) in [6.07, 6.45) is 2.27. The predicted octanol–water partition coefficient (Wildman–Crippen LogP) is 3.12. The first-order valence-electron chi connectivity index (χ1n) is 8.87. The number of thiazole rings is 1. The minimum Gasteiger partial charge on any atom is -0.356 e. The molecule has 2 amide bonds. The molecule has 0 atom stereocenters.